The summed E-state index contributed by atoms with van der Waals surface area (Å²) >= 11 is 1.59. The topological polar surface area (TPSA) is 63.2 Å². The number of nitrogens with zero attached hydrogens (tertiary/aromatic N) is 1. The van der Waals surface area contributed by atoms with Crippen molar-refractivity contribution in [3.8, 4) is 0 Å². The van der Waals surface area contributed by atoms with Gasteiger partial charge in [-0.3, -0.25) is 0 Å². The first-order valence-corrected chi connectivity index (χ1v) is 7.10. The van der Waals surface area contributed by atoms with Gasteiger partial charge in [0, 0.05) is 12.0 Å². The molecule has 18 heavy (non-hydrogen) atoms. The van der Waals surface area contributed by atoms with E-state index in [0.29, 0.717) is 6.54 Å². The molecule has 0 saturated carbocycles. The molecule has 0 aliphatic carbocycles. The maximum Gasteiger partial charge on any atom is 0.315 e. The van der Waals surface area contributed by atoms with Crippen LogP contribution in [0.4, 0.5) is 4.79 Å². The van der Waals surface area contributed by atoms with Crippen molar-refractivity contribution >= 4 is 17.4 Å². The summed E-state index contributed by atoms with van der Waals surface area (Å²) < 4.78 is 5.53. The zero-order valence-electron chi connectivity index (χ0n) is 10.7. The third-order valence-corrected chi connectivity index (χ3v) is 3.80. The summed E-state index contributed by atoms with van der Waals surface area (Å²) in [6.07, 6.45) is 2.25. The van der Waals surface area contributed by atoms with E-state index in [1.807, 2.05) is 19.2 Å². The Balaban J connectivity index is 1.71. The first-order chi connectivity index (χ1) is 8.65. The molecule has 1 aromatic rings. The molecule has 0 aromatic carbocycles. The smallest absolute Gasteiger partial charge is 0.315 e. The third kappa shape index (κ3) is 3.68. The van der Waals surface area contributed by atoms with Crippen LogP contribution in [0, 0.1) is 6.92 Å². The van der Waals surface area contributed by atoms with Crippen molar-refractivity contribution in [2.45, 2.75) is 45.4 Å². The van der Waals surface area contributed by atoms with Gasteiger partial charge in [-0.15, -0.1) is 11.3 Å². The molecule has 1 aromatic heterocycles. The van der Waals surface area contributed by atoms with E-state index in [1.165, 1.54) is 0 Å². The van der Waals surface area contributed by atoms with Crippen LogP contribution in [-0.4, -0.2) is 29.8 Å². The van der Waals surface area contributed by atoms with Gasteiger partial charge in [-0.05, 0) is 26.7 Å². The van der Waals surface area contributed by atoms with Gasteiger partial charge in [-0.1, -0.05) is 0 Å². The maximum atomic E-state index is 11.7. The van der Waals surface area contributed by atoms with Crippen LogP contribution >= 0.6 is 11.3 Å². The Labute approximate surface area is 111 Å². The Morgan fingerprint density at radius 2 is 2.56 bits per heavy atom. The maximum absolute atomic E-state index is 11.7. The van der Waals surface area contributed by atoms with Crippen LogP contribution in [0.15, 0.2) is 5.38 Å². The number of aryl methyl sites for hydroxylation is 1. The lowest BCUT2D eigenvalue weighted by Crippen LogP contribution is -2.45. The van der Waals surface area contributed by atoms with Crippen LogP contribution < -0.4 is 10.6 Å². The summed E-state index contributed by atoms with van der Waals surface area (Å²) in [5.41, 5.74) is 0.900. The number of aromatic nitrogens is 1. The predicted molar refractivity (Wildman–Crippen MR) is 70.7 cm³/mol. The van der Waals surface area contributed by atoms with E-state index >= 15 is 0 Å². The monoisotopic (exact) mass is 269 g/mol. The number of hydrogen-bond donors (Lipinski definition) is 2. The summed E-state index contributed by atoms with van der Waals surface area (Å²) in [5, 5.41) is 8.68. The van der Waals surface area contributed by atoms with E-state index in [4.69, 9.17) is 4.74 Å². The first-order valence-electron chi connectivity index (χ1n) is 6.22. The van der Waals surface area contributed by atoms with Gasteiger partial charge in [0.1, 0.15) is 0 Å². The van der Waals surface area contributed by atoms with Crippen molar-refractivity contribution in [1.82, 2.24) is 15.6 Å². The molecular formula is C12H19N3O2S. The molecule has 2 heterocycles. The number of hydrogen-bond acceptors (Lipinski definition) is 4. The molecule has 0 unspecified atom stereocenters. The van der Waals surface area contributed by atoms with E-state index in [-0.39, 0.29) is 18.2 Å². The lowest BCUT2D eigenvalue weighted by Gasteiger charge is -2.20. The number of carbonyl (C=O) groups excluding carboxylic acids is 1. The second-order valence-electron chi connectivity index (χ2n) is 4.53. The Kier molecular flexibility index (Phi) is 4.54. The minimum atomic E-state index is -0.163. The molecule has 1 aliphatic rings. The normalized spacial score (nSPS) is 20.7. The van der Waals surface area contributed by atoms with Crippen LogP contribution in [0.1, 0.15) is 30.5 Å². The van der Waals surface area contributed by atoms with Gasteiger partial charge >= 0.3 is 6.03 Å². The molecule has 2 amide bonds. The van der Waals surface area contributed by atoms with Crippen LogP contribution in [0.5, 0.6) is 0 Å². The highest BCUT2D eigenvalue weighted by molar-refractivity contribution is 7.09. The second-order valence-corrected chi connectivity index (χ2v) is 5.59. The third-order valence-electron chi connectivity index (χ3n) is 2.98. The standard InChI is InChI=1S/C12H19N3O2S/c1-8(11-4-3-5-17-11)14-12(16)13-6-10-7-18-9(2)15-10/h7-8,11H,3-6H2,1-2H3,(H2,13,14,16)/t8-,11+/m0/s1. The Hall–Kier alpha value is -1.14. The van der Waals surface area contributed by atoms with E-state index in [1.54, 1.807) is 11.3 Å². The fraction of sp³-hybridized carbons (Fsp3) is 0.667. The molecule has 2 atom stereocenters. The zero-order valence-corrected chi connectivity index (χ0v) is 11.5. The van der Waals surface area contributed by atoms with Crippen molar-refractivity contribution < 1.29 is 9.53 Å². The quantitative estimate of drug-likeness (QED) is 0.876. The van der Waals surface area contributed by atoms with E-state index in [9.17, 15) is 4.79 Å². The molecule has 5 nitrogen and oxygen atoms in total. The lowest BCUT2D eigenvalue weighted by atomic mass is 10.1. The number of thiazole rings is 1. The van der Waals surface area contributed by atoms with Crippen LogP contribution in [-0.2, 0) is 11.3 Å². The zero-order chi connectivity index (χ0) is 13.0. The summed E-state index contributed by atoms with van der Waals surface area (Å²) in [6.45, 7) is 5.20. The highest BCUT2D eigenvalue weighted by atomic mass is 32.1. The molecule has 0 bridgehead atoms. The molecular weight excluding hydrogens is 250 g/mol. The van der Waals surface area contributed by atoms with Crippen LogP contribution in [0.25, 0.3) is 0 Å². The second kappa shape index (κ2) is 6.15. The van der Waals surface area contributed by atoms with Gasteiger partial charge in [0.2, 0.25) is 0 Å². The molecule has 0 radical (unpaired) electrons. The largest absolute Gasteiger partial charge is 0.376 e. The van der Waals surface area contributed by atoms with Gasteiger partial charge in [0.05, 0.1) is 29.4 Å². The summed E-state index contributed by atoms with van der Waals surface area (Å²) in [4.78, 5) is 16.0. The van der Waals surface area contributed by atoms with Crippen LogP contribution in [0.2, 0.25) is 0 Å². The average molecular weight is 269 g/mol. The Morgan fingerprint density at radius 3 is 3.17 bits per heavy atom. The highest BCUT2D eigenvalue weighted by Gasteiger charge is 2.23. The molecule has 1 aliphatic heterocycles. The van der Waals surface area contributed by atoms with E-state index in [2.05, 4.69) is 15.6 Å². The van der Waals surface area contributed by atoms with E-state index in [0.717, 1.165) is 30.2 Å². The average Bonchev–Trinajstić information content (AvgIpc) is 2.97. The lowest BCUT2D eigenvalue weighted by molar-refractivity contribution is 0.0860. The molecule has 2 rings (SSSR count). The molecule has 100 valence electrons. The molecule has 2 N–H and O–H groups in total. The number of rotatable bonds is 4. The van der Waals surface area contributed by atoms with Gasteiger partial charge in [-0.2, -0.15) is 0 Å². The molecule has 1 fully saturated rings. The first kappa shape index (κ1) is 13.3. The van der Waals surface area contributed by atoms with Gasteiger partial charge < -0.3 is 15.4 Å². The van der Waals surface area contributed by atoms with Crippen molar-refractivity contribution in [3.05, 3.63) is 16.1 Å². The summed E-state index contributed by atoms with van der Waals surface area (Å²) in [7, 11) is 0. The number of ether oxygens (including phenoxy) is 1. The Bertz CT molecular complexity index is 402. The number of nitrogens with one attached hydrogen (secondary N) is 2. The fourth-order valence-electron chi connectivity index (χ4n) is 2.01. The highest BCUT2D eigenvalue weighted by Crippen LogP contribution is 2.15. The van der Waals surface area contributed by atoms with Crippen LogP contribution in [0.3, 0.4) is 0 Å². The van der Waals surface area contributed by atoms with Gasteiger partial charge in [0.25, 0.3) is 0 Å². The number of urea groups is 1. The minimum Gasteiger partial charge on any atom is -0.376 e. The van der Waals surface area contributed by atoms with Crippen molar-refractivity contribution in [3.63, 3.8) is 0 Å². The Morgan fingerprint density at radius 1 is 1.72 bits per heavy atom. The van der Waals surface area contributed by atoms with Gasteiger partial charge in [-0.25, -0.2) is 9.78 Å². The summed E-state index contributed by atoms with van der Waals surface area (Å²) in [6, 6.07) is -0.117. The van der Waals surface area contributed by atoms with E-state index < -0.39 is 0 Å². The predicted octanol–water partition coefficient (Wildman–Crippen LogP) is 1.82. The molecule has 0 spiro atoms. The molecule has 1 saturated heterocycles. The number of carbonyl (C=O) groups is 1. The summed E-state index contributed by atoms with van der Waals surface area (Å²) in [5.74, 6) is 0. The van der Waals surface area contributed by atoms with Crippen molar-refractivity contribution in [2.24, 2.45) is 0 Å². The van der Waals surface area contributed by atoms with Crippen molar-refractivity contribution in [1.29, 1.82) is 0 Å². The minimum absolute atomic E-state index is 0.0460. The van der Waals surface area contributed by atoms with Gasteiger partial charge in [0.15, 0.2) is 0 Å². The SMILES string of the molecule is Cc1nc(CNC(=O)N[C@@H](C)[C@H]2CCCO2)cs1. The fourth-order valence-corrected chi connectivity index (χ4v) is 2.62. The number of amides is 2. The van der Waals surface area contributed by atoms with Crippen molar-refractivity contribution in [2.75, 3.05) is 6.61 Å². The molecule has 6 heteroatoms.